The van der Waals surface area contributed by atoms with E-state index in [9.17, 15) is 4.79 Å². The molecule has 0 atom stereocenters. The lowest BCUT2D eigenvalue weighted by atomic mass is 9.99. The molecular weight excluding hydrogens is 344 g/mol. The molecule has 3 heteroatoms. The Hall–Kier alpha value is -2.57. The van der Waals surface area contributed by atoms with Gasteiger partial charge in [-0.25, -0.2) is 0 Å². The van der Waals surface area contributed by atoms with E-state index >= 15 is 0 Å². The Balaban J connectivity index is 0.00000109. The summed E-state index contributed by atoms with van der Waals surface area (Å²) >= 11 is 0. The number of amides is 1. The third-order valence-electron chi connectivity index (χ3n) is 5.42. The van der Waals surface area contributed by atoms with Gasteiger partial charge in [0.15, 0.2) is 0 Å². The number of hydrogen-bond donors (Lipinski definition) is 0. The molecule has 2 heterocycles. The van der Waals surface area contributed by atoms with Crippen LogP contribution in [-0.4, -0.2) is 47.9 Å². The van der Waals surface area contributed by atoms with Crippen molar-refractivity contribution in [3.8, 4) is 11.8 Å². The molecule has 28 heavy (non-hydrogen) atoms. The van der Waals surface area contributed by atoms with Crippen LogP contribution < -0.4 is 0 Å². The molecule has 2 aliphatic heterocycles. The van der Waals surface area contributed by atoms with Crippen LogP contribution in [0.5, 0.6) is 0 Å². The Morgan fingerprint density at radius 1 is 0.821 bits per heavy atom. The number of nitrogens with zero attached hydrogens (tertiary/aromatic N) is 2. The fourth-order valence-electron chi connectivity index (χ4n) is 3.68. The van der Waals surface area contributed by atoms with Gasteiger partial charge in [0.05, 0.1) is 0 Å². The van der Waals surface area contributed by atoms with Gasteiger partial charge in [0.2, 0.25) is 0 Å². The lowest BCUT2D eigenvalue weighted by Gasteiger charge is -2.43. The molecule has 0 radical (unpaired) electrons. The zero-order valence-corrected chi connectivity index (χ0v) is 17.0. The maximum Gasteiger partial charge on any atom is 0.253 e. The molecule has 2 aromatic rings. The van der Waals surface area contributed by atoms with Gasteiger partial charge in [0, 0.05) is 35.8 Å². The first-order valence-corrected chi connectivity index (χ1v) is 10.5. The van der Waals surface area contributed by atoms with E-state index < -0.39 is 0 Å². The van der Waals surface area contributed by atoms with E-state index in [0.29, 0.717) is 6.04 Å². The van der Waals surface area contributed by atoms with Gasteiger partial charge in [-0.3, -0.25) is 4.79 Å². The molecule has 2 fully saturated rings. The fraction of sp³-hybridized carbons (Fsp3) is 0.400. The Labute approximate surface area is 169 Å². The first-order valence-electron chi connectivity index (χ1n) is 10.5. The van der Waals surface area contributed by atoms with Gasteiger partial charge in [-0.05, 0) is 68.8 Å². The molecule has 0 aromatic heterocycles. The number of carbonyl (C=O) groups excluding carboxylic acids is 1. The van der Waals surface area contributed by atoms with Crippen LogP contribution in [0, 0.1) is 11.8 Å². The third kappa shape index (κ3) is 5.03. The molecule has 4 rings (SSSR count). The first kappa shape index (κ1) is 20.2. The summed E-state index contributed by atoms with van der Waals surface area (Å²) in [6, 6.07) is 18.3. The second kappa shape index (κ2) is 10.1. The maximum atomic E-state index is 12.7. The summed E-state index contributed by atoms with van der Waals surface area (Å²) in [5, 5.41) is 0. The Morgan fingerprint density at radius 3 is 1.93 bits per heavy atom. The number of benzene rings is 2. The minimum atomic E-state index is 0.148. The highest BCUT2D eigenvalue weighted by molar-refractivity contribution is 5.94. The van der Waals surface area contributed by atoms with Crippen LogP contribution in [0.2, 0.25) is 0 Å². The van der Waals surface area contributed by atoms with Gasteiger partial charge in [0.1, 0.15) is 0 Å². The zero-order valence-electron chi connectivity index (χ0n) is 17.0. The van der Waals surface area contributed by atoms with E-state index in [2.05, 4.69) is 16.7 Å². The van der Waals surface area contributed by atoms with Crippen molar-refractivity contribution in [3.05, 3.63) is 71.3 Å². The van der Waals surface area contributed by atoms with E-state index in [4.69, 9.17) is 0 Å². The van der Waals surface area contributed by atoms with Crippen LogP contribution in [0.1, 0.15) is 54.6 Å². The van der Waals surface area contributed by atoms with E-state index in [0.717, 1.165) is 42.6 Å². The Morgan fingerprint density at radius 2 is 1.39 bits per heavy atom. The molecular formula is C25H30N2O. The van der Waals surface area contributed by atoms with Crippen LogP contribution in [0.15, 0.2) is 54.6 Å². The second-order valence-electron chi connectivity index (χ2n) is 7.11. The smallest absolute Gasteiger partial charge is 0.253 e. The van der Waals surface area contributed by atoms with Crippen LogP contribution in [0.3, 0.4) is 0 Å². The van der Waals surface area contributed by atoms with Crippen molar-refractivity contribution in [2.24, 2.45) is 0 Å². The monoisotopic (exact) mass is 374 g/mol. The van der Waals surface area contributed by atoms with Crippen molar-refractivity contribution < 1.29 is 4.79 Å². The molecule has 0 spiro atoms. The summed E-state index contributed by atoms with van der Waals surface area (Å²) in [6.45, 7) is 8.22. The molecule has 0 bridgehead atoms. The van der Waals surface area contributed by atoms with Crippen molar-refractivity contribution >= 4 is 5.91 Å². The lowest BCUT2D eigenvalue weighted by Crippen LogP contribution is -2.51. The Kier molecular flexibility index (Phi) is 7.28. The molecule has 0 saturated carbocycles. The van der Waals surface area contributed by atoms with E-state index in [1.54, 1.807) is 0 Å². The average Bonchev–Trinajstić information content (AvgIpc) is 2.74. The number of rotatable bonds is 2. The minimum absolute atomic E-state index is 0.148. The van der Waals surface area contributed by atoms with Crippen LogP contribution in [-0.2, 0) is 0 Å². The molecule has 146 valence electrons. The highest BCUT2D eigenvalue weighted by Crippen LogP contribution is 2.22. The minimum Gasteiger partial charge on any atom is -0.339 e. The van der Waals surface area contributed by atoms with Crippen molar-refractivity contribution in [1.82, 2.24) is 9.80 Å². The number of likely N-dealkylation sites (tertiary alicyclic amines) is 2. The van der Waals surface area contributed by atoms with Crippen LogP contribution >= 0.6 is 0 Å². The van der Waals surface area contributed by atoms with Gasteiger partial charge in [-0.2, -0.15) is 0 Å². The van der Waals surface area contributed by atoms with E-state index in [1.165, 1.54) is 19.5 Å². The SMILES string of the molecule is CC.O=C(c1ccc(C#Cc2ccccc2)cc1)N1CCC(N2CCC2)CC1. The number of piperidine rings is 1. The number of carbonyl (C=O) groups is 1. The van der Waals surface area contributed by atoms with Crippen molar-refractivity contribution in [2.75, 3.05) is 26.2 Å². The van der Waals surface area contributed by atoms with Gasteiger partial charge in [-0.15, -0.1) is 0 Å². The van der Waals surface area contributed by atoms with Crippen molar-refractivity contribution in [2.45, 2.75) is 39.2 Å². The molecule has 2 saturated heterocycles. The lowest BCUT2D eigenvalue weighted by molar-refractivity contribution is 0.0489. The second-order valence-corrected chi connectivity index (χ2v) is 7.11. The molecule has 0 N–H and O–H groups in total. The van der Waals surface area contributed by atoms with E-state index in [-0.39, 0.29) is 5.91 Å². The van der Waals surface area contributed by atoms with Crippen LogP contribution in [0.4, 0.5) is 0 Å². The highest BCUT2D eigenvalue weighted by Gasteiger charge is 2.29. The molecule has 0 aliphatic carbocycles. The fourth-order valence-corrected chi connectivity index (χ4v) is 3.68. The predicted octanol–water partition coefficient (Wildman–Crippen LogP) is 4.42. The van der Waals surface area contributed by atoms with Crippen molar-refractivity contribution in [1.29, 1.82) is 0 Å². The maximum absolute atomic E-state index is 12.7. The van der Waals surface area contributed by atoms with Gasteiger partial charge >= 0.3 is 0 Å². The summed E-state index contributed by atoms with van der Waals surface area (Å²) in [4.78, 5) is 17.3. The quantitative estimate of drug-likeness (QED) is 0.727. The van der Waals surface area contributed by atoms with Crippen LogP contribution in [0.25, 0.3) is 0 Å². The molecule has 3 nitrogen and oxygen atoms in total. The zero-order chi connectivity index (χ0) is 19.8. The normalized spacial score (nSPS) is 16.9. The van der Waals surface area contributed by atoms with Gasteiger partial charge in [0.25, 0.3) is 5.91 Å². The summed E-state index contributed by atoms with van der Waals surface area (Å²) in [7, 11) is 0. The topological polar surface area (TPSA) is 23.6 Å². The standard InChI is InChI=1S/C23H24N2O.C2H6/c26-23(25-17-13-22(14-18-25)24-15-4-16-24)21-11-9-20(10-12-21)8-7-19-5-2-1-3-6-19;1-2/h1-3,5-6,9-12,22H,4,13-18H2;1-2H3. The predicted molar refractivity (Wildman–Crippen MR) is 115 cm³/mol. The van der Waals surface area contributed by atoms with Gasteiger partial charge in [-0.1, -0.05) is 43.9 Å². The molecule has 0 unspecified atom stereocenters. The summed E-state index contributed by atoms with van der Waals surface area (Å²) in [5.41, 5.74) is 2.69. The number of hydrogen-bond acceptors (Lipinski definition) is 2. The van der Waals surface area contributed by atoms with Crippen molar-refractivity contribution in [3.63, 3.8) is 0 Å². The molecule has 2 aliphatic rings. The molecule has 1 amide bonds. The third-order valence-corrected chi connectivity index (χ3v) is 5.42. The first-order chi connectivity index (χ1) is 13.8. The Bertz CT molecular complexity index is 805. The van der Waals surface area contributed by atoms with Gasteiger partial charge < -0.3 is 9.80 Å². The average molecular weight is 375 g/mol. The summed E-state index contributed by atoms with van der Waals surface area (Å²) in [5.74, 6) is 6.45. The highest BCUT2D eigenvalue weighted by atomic mass is 16.2. The largest absolute Gasteiger partial charge is 0.339 e. The molecule has 2 aromatic carbocycles. The summed E-state index contributed by atoms with van der Waals surface area (Å²) < 4.78 is 0. The summed E-state index contributed by atoms with van der Waals surface area (Å²) in [6.07, 6.45) is 3.54. The van der Waals surface area contributed by atoms with E-state index in [1.807, 2.05) is 73.3 Å².